The van der Waals surface area contributed by atoms with Crippen LogP contribution in [-0.2, 0) is 16.8 Å². The molecular weight excluding hydrogens is 402 g/mol. The number of hydrogen-bond donors (Lipinski definition) is 2. The summed E-state index contributed by atoms with van der Waals surface area (Å²) in [7, 11) is 0. The number of nitrogens with zero attached hydrogens (tertiary/aromatic N) is 1. The van der Waals surface area contributed by atoms with Crippen LogP contribution in [0.25, 0.3) is 10.9 Å². The molecule has 3 heterocycles. The van der Waals surface area contributed by atoms with Crippen molar-refractivity contribution in [3.63, 3.8) is 0 Å². The number of benzene rings is 2. The normalized spacial score (nSPS) is 21.3. The molecule has 1 spiro atoms. The maximum Gasteiger partial charge on any atom is 0.258 e. The second-order valence-corrected chi connectivity index (χ2v) is 8.84. The highest BCUT2D eigenvalue weighted by Crippen LogP contribution is 2.48. The first-order valence-corrected chi connectivity index (χ1v) is 10.3. The van der Waals surface area contributed by atoms with Gasteiger partial charge in [-0.3, -0.25) is 10.1 Å². The highest BCUT2D eigenvalue weighted by molar-refractivity contribution is 9.10. The van der Waals surface area contributed by atoms with E-state index in [0.717, 1.165) is 39.9 Å². The predicted molar refractivity (Wildman–Crippen MR) is 112 cm³/mol. The van der Waals surface area contributed by atoms with Gasteiger partial charge >= 0.3 is 0 Å². The first kappa shape index (κ1) is 17.0. The van der Waals surface area contributed by atoms with Crippen molar-refractivity contribution in [1.29, 1.82) is 0 Å². The minimum atomic E-state index is -0.833. The van der Waals surface area contributed by atoms with E-state index >= 15 is 0 Å². The standard InChI is InChI=1S/C22H22BrN3O/c1-13(2)12-26-19-8-7-14(23)11-17(19)22(21(26)27)20-16(9-10-24-22)15-5-3-4-6-18(15)25-20/h3-8,11,13,24-25H,9-10,12H2,1-2H3/t22-/m1/s1. The van der Waals surface area contributed by atoms with Crippen molar-refractivity contribution in [3.05, 3.63) is 63.8 Å². The first-order valence-electron chi connectivity index (χ1n) is 9.49. The lowest BCUT2D eigenvalue weighted by atomic mass is 9.82. The van der Waals surface area contributed by atoms with Crippen LogP contribution in [-0.4, -0.2) is 24.0 Å². The molecule has 2 aromatic carbocycles. The molecule has 27 heavy (non-hydrogen) atoms. The van der Waals surface area contributed by atoms with Crippen molar-refractivity contribution >= 4 is 38.4 Å². The number of carbonyl (C=O) groups excluding carboxylic acids is 1. The number of para-hydroxylation sites is 1. The fourth-order valence-corrected chi connectivity index (χ4v) is 5.03. The summed E-state index contributed by atoms with van der Waals surface area (Å²) in [4.78, 5) is 19.4. The van der Waals surface area contributed by atoms with Gasteiger partial charge in [-0.2, -0.15) is 0 Å². The highest BCUT2D eigenvalue weighted by Gasteiger charge is 2.55. The summed E-state index contributed by atoms with van der Waals surface area (Å²) in [6.07, 6.45) is 0.919. The molecule has 5 heteroatoms. The zero-order valence-corrected chi connectivity index (χ0v) is 17.1. The lowest BCUT2D eigenvalue weighted by Crippen LogP contribution is -2.55. The molecule has 2 N–H and O–H groups in total. The molecule has 5 rings (SSSR count). The van der Waals surface area contributed by atoms with Crippen molar-refractivity contribution in [2.24, 2.45) is 5.92 Å². The van der Waals surface area contributed by atoms with Crippen LogP contribution in [0.2, 0.25) is 0 Å². The van der Waals surface area contributed by atoms with E-state index in [4.69, 9.17) is 0 Å². The molecule has 0 saturated heterocycles. The Morgan fingerprint density at radius 2 is 2.04 bits per heavy atom. The van der Waals surface area contributed by atoms with Crippen LogP contribution >= 0.6 is 15.9 Å². The van der Waals surface area contributed by atoms with E-state index in [1.807, 2.05) is 17.0 Å². The third-order valence-corrected chi connectivity index (χ3v) is 6.21. The van der Waals surface area contributed by atoms with Gasteiger partial charge in [-0.05, 0) is 42.2 Å². The maximum atomic E-state index is 13.9. The number of aromatic amines is 1. The van der Waals surface area contributed by atoms with E-state index in [1.54, 1.807) is 0 Å². The number of nitrogens with one attached hydrogen (secondary N) is 2. The lowest BCUT2D eigenvalue weighted by molar-refractivity contribution is -0.123. The molecule has 0 saturated carbocycles. The van der Waals surface area contributed by atoms with E-state index in [0.29, 0.717) is 12.5 Å². The summed E-state index contributed by atoms with van der Waals surface area (Å²) in [6, 6.07) is 14.5. The molecule has 0 aliphatic carbocycles. The average molecular weight is 424 g/mol. The third kappa shape index (κ3) is 2.28. The number of hydrogen-bond acceptors (Lipinski definition) is 2. The average Bonchev–Trinajstić information content (AvgIpc) is 3.13. The van der Waals surface area contributed by atoms with Crippen molar-refractivity contribution in [2.75, 3.05) is 18.0 Å². The Hall–Kier alpha value is -2.11. The molecule has 138 valence electrons. The molecule has 0 bridgehead atoms. The smallest absolute Gasteiger partial charge is 0.258 e. The molecule has 1 aromatic heterocycles. The summed E-state index contributed by atoms with van der Waals surface area (Å²) in [5, 5.41) is 4.83. The van der Waals surface area contributed by atoms with Gasteiger partial charge in [0.25, 0.3) is 5.91 Å². The Kier molecular flexibility index (Phi) is 3.75. The van der Waals surface area contributed by atoms with Gasteiger partial charge in [0.2, 0.25) is 0 Å². The molecule has 2 aliphatic rings. The molecule has 0 radical (unpaired) electrons. The van der Waals surface area contributed by atoms with Crippen LogP contribution in [0.1, 0.15) is 30.7 Å². The quantitative estimate of drug-likeness (QED) is 0.644. The van der Waals surface area contributed by atoms with Gasteiger partial charge in [-0.1, -0.05) is 48.0 Å². The Bertz CT molecular complexity index is 1070. The zero-order chi connectivity index (χ0) is 18.8. The van der Waals surface area contributed by atoms with Crippen LogP contribution in [0.4, 0.5) is 5.69 Å². The number of fused-ring (bicyclic) bond motifs is 6. The second kappa shape index (κ2) is 5.94. The zero-order valence-electron chi connectivity index (χ0n) is 15.5. The van der Waals surface area contributed by atoms with Crippen molar-refractivity contribution < 1.29 is 4.79 Å². The van der Waals surface area contributed by atoms with E-state index < -0.39 is 5.54 Å². The molecule has 1 amide bonds. The molecule has 1 atom stereocenters. The van der Waals surface area contributed by atoms with Crippen LogP contribution in [0.15, 0.2) is 46.9 Å². The van der Waals surface area contributed by atoms with Gasteiger partial charge in [-0.25, -0.2) is 0 Å². The predicted octanol–water partition coefficient (Wildman–Crippen LogP) is 4.32. The summed E-state index contributed by atoms with van der Waals surface area (Å²) >= 11 is 3.61. The van der Waals surface area contributed by atoms with E-state index in [1.165, 1.54) is 10.9 Å². The van der Waals surface area contributed by atoms with Crippen molar-refractivity contribution in [3.8, 4) is 0 Å². The molecular formula is C22H22BrN3O. The van der Waals surface area contributed by atoms with Gasteiger partial charge in [0.15, 0.2) is 5.54 Å². The summed E-state index contributed by atoms with van der Waals surface area (Å²) < 4.78 is 0.991. The molecule has 2 aliphatic heterocycles. The SMILES string of the molecule is CC(C)CN1C(=O)[C@@]2(NCCc3c2[nH]c2ccccc32)c2cc(Br)ccc21. The summed E-state index contributed by atoms with van der Waals surface area (Å²) in [5.41, 5.74) is 4.57. The molecule has 0 fully saturated rings. The minimum absolute atomic E-state index is 0.122. The Balaban J connectivity index is 1.81. The van der Waals surface area contributed by atoms with Crippen LogP contribution in [0.3, 0.4) is 0 Å². The number of rotatable bonds is 2. The van der Waals surface area contributed by atoms with E-state index in [-0.39, 0.29) is 5.91 Å². The topological polar surface area (TPSA) is 48.1 Å². The number of amides is 1. The summed E-state index contributed by atoms with van der Waals surface area (Å²) in [5.74, 6) is 0.517. The number of H-pyrrole nitrogens is 1. The van der Waals surface area contributed by atoms with E-state index in [2.05, 4.69) is 70.4 Å². The second-order valence-electron chi connectivity index (χ2n) is 7.92. The van der Waals surface area contributed by atoms with Crippen molar-refractivity contribution in [2.45, 2.75) is 25.8 Å². The van der Waals surface area contributed by atoms with E-state index in [9.17, 15) is 4.79 Å². The minimum Gasteiger partial charge on any atom is -0.356 e. The van der Waals surface area contributed by atoms with Gasteiger partial charge < -0.3 is 9.88 Å². The summed E-state index contributed by atoms with van der Waals surface area (Å²) in [6.45, 7) is 5.80. The van der Waals surface area contributed by atoms with Crippen molar-refractivity contribution in [1.82, 2.24) is 10.3 Å². The van der Waals surface area contributed by atoms with Crippen LogP contribution in [0.5, 0.6) is 0 Å². The first-order chi connectivity index (χ1) is 13.0. The van der Waals surface area contributed by atoms with Crippen LogP contribution in [0, 0.1) is 5.92 Å². The van der Waals surface area contributed by atoms with Crippen LogP contribution < -0.4 is 10.2 Å². The van der Waals surface area contributed by atoms with Gasteiger partial charge in [-0.15, -0.1) is 0 Å². The number of halogens is 1. The number of carbonyl (C=O) groups is 1. The maximum absolute atomic E-state index is 13.9. The fourth-order valence-electron chi connectivity index (χ4n) is 4.67. The van der Waals surface area contributed by atoms with Gasteiger partial charge in [0.1, 0.15) is 0 Å². The third-order valence-electron chi connectivity index (χ3n) is 5.72. The molecule has 3 aromatic rings. The Morgan fingerprint density at radius 3 is 2.85 bits per heavy atom. The largest absolute Gasteiger partial charge is 0.356 e. The van der Waals surface area contributed by atoms with Gasteiger partial charge in [0.05, 0.1) is 5.69 Å². The number of aromatic nitrogens is 1. The Morgan fingerprint density at radius 1 is 1.22 bits per heavy atom. The Labute approximate surface area is 167 Å². The fraction of sp³-hybridized carbons (Fsp3) is 0.318. The highest BCUT2D eigenvalue weighted by atomic mass is 79.9. The lowest BCUT2D eigenvalue weighted by Gasteiger charge is -2.34. The monoisotopic (exact) mass is 423 g/mol. The van der Waals surface area contributed by atoms with Gasteiger partial charge in [0, 0.05) is 39.7 Å². The molecule has 0 unspecified atom stereocenters. The molecule has 4 nitrogen and oxygen atoms in total. The number of anilines is 1.